The molecular weight excluding hydrogens is 350 g/mol. The molecule has 0 aliphatic heterocycles. The second kappa shape index (κ2) is 4.80. The smallest absolute Gasteiger partial charge is 0.207 e. The second-order valence-electron chi connectivity index (χ2n) is 7.24. The molecule has 3 rings (SSSR count). The fourth-order valence-electron chi connectivity index (χ4n) is 4.27. The molecule has 0 saturated heterocycles. The third-order valence-electron chi connectivity index (χ3n) is 6.20. The van der Waals surface area contributed by atoms with Crippen molar-refractivity contribution in [3.63, 3.8) is 0 Å². The van der Waals surface area contributed by atoms with Crippen LogP contribution >= 0.6 is 15.9 Å². The first-order chi connectivity index (χ1) is 9.67. The lowest BCUT2D eigenvalue weighted by Crippen LogP contribution is -2.46. The maximum absolute atomic E-state index is 12.6. The lowest BCUT2D eigenvalue weighted by molar-refractivity contribution is 0.130. The Bertz CT molecular complexity index is 671. The van der Waals surface area contributed by atoms with Gasteiger partial charge in [0, 0.05) is 10.5 Å². The summed E-state index contributed by atoms with van der Waals surface area (Å²) in [5, 5.41) is 0. The lowest BCUT2D eigenvalue weighted by atomic mass is 9.69. The van der Waals surface area contributed by atoms with E-state index in [1.807, 2.05) is 6.07 Å². The molecule has 116 valence electrons. The third-order valence-corrected chi connectivity index (χ3v) is 8.16. The van der Waals surface area contributed by atoms with Gasteiger partial charge >= 0.3 is 0 Å². The molecule has 1 aromatic rings. The lowest BCUT2D eigenvalue weighted by Gasteiger charge is -2.39. The zero-order valence-electron chi connectivity index (χ0n) is 12.7. The van der Waals surface area contributed by atoms with Crippen LogP contribution in [-0.4, -0.2) is 14.5 Å². The molecule has 2 saturated carbocycles. The van der Waals surface area contributed by atoms with Crippen LogP contribution in [0.1, 0.15) is 40.0 Å². The summed E-state index contributed by atoms with van der Waals surface area (Å²) in [6, 6.07) is 6.93. The Labute approximate surface area is 135 Å². The van der Waals surface area contributed by atoms with Gasteiger partial charge in [-0.05, 0) is 54.2 Å². The van der Waals surface area contributed by atoms with E-state index in [4.69, 9.17) is 0 Å². The number of sulfonamides is 1. The largest absolute Gasteiger partial charge is 0.240 e. The highest BCUT2D eigenvalue weighted by atomic mass is 79.9. The maximum Gasteiger partial charge on any atom is 0.240 e. The average molecular weight is 372 g/mol. The number of rotatable bonds is 3. The minimum atomic E-state index is -3.46. The minimum Gasteiger partial charge on any atom is -0.207 e. The topological polar surface area (TPSA) is 46.2 Å². The number of fused-ring (bicyclic) bond motifs is 2. The normalized spacial score (nSPS) is 34.3. The van der Waals surface area contributed by atoms with Crippen LogP contribution in [0, 0.1) is 16.7 Å². The van der Waals surface area contributed by atoms with Crippen molar-refractivity contribution in [1.82, 2.24) is 4.72 Å². The van der Waals surface area contributed by atoms with Crippen LogP contribution in [0.15, 0.2) is 33.6 Å². The van der Waals surface area contributed by atoms with E-state index in [9.17, 15) is 8.42 Å². The van der Waals surface area contributed by atoms with Gasteiger partial charge in [0.1, 0.15) is 0 Å². The highest BCUT2D eigenvalue weighted by molar-refractivity contribution is 9.10. The van der Waals surface area contributed by atoms with Crippen molar-refractivity contribution in [2.75, 3.05) is 0 Å². The predicted octanol–water partition coefficient (Wildman–Crippen LogP) is 3.94. The summed E-state index contributed by atoms with van der Waals surface area (Å²) >= 11 is 3.34. The van der Waals surface area contributed by atoms with Crippen molar-refractivity contribution in [3.05, 3.63) is 28.7 Å². The Balaban J connectivity index is 1.88. The van der Waals surface area contributed by atoms with E-state index in [0.717, 1.165) is 17.3 Å². The van der Waals surface area contributed by atoms with Crippen molar-refractivity contribution in [3.8, 4) is 0 Å². The van der Waals surface area contributed by atoms with Crippen molar-refractivity contribution in [1.29, 1.82) is 0 Å². The first-order valence-electron chi connectivity index (χ1n) is 7.45. The molecule has 2 bridgehead atoms. The van der Waals surface area contributed by atoms with Crippen molar-refractivity contribution in [2.45, 2.75) is 51.0 Å². The summed E-state index contributed by atoms with van der Waals surface area (Å²) in [7, 11) is -3.46. The van der Waals surface area contributed by atoms with Gasteiger partial charge in [-0.25, -0.2) is 13.1 Å². The summed E-state index contributed by atoms with van der Waals surface area (Å²) in [5.74, 6) is 0.623. The molecule has 2 aliphatic carbocycles. The second-order valence-corrected chi connectivity index (χ2v) is 9.87. The molecule has 0 aromatic heterocycles. The van der Waals surface area contributed by atoms with E-state index in [-0.39, 0.29) is 16.9 Å². The summed E-state index contributed by atoms with van der Waals surface area (Å²) in [6.07, 6.45) is 3.28. The molecule has 21 heavy (non-hydrogen) atoms. The quantitative estimate of drug-likeness (QED) is 0.874. The predicted molar refractivity (Wildman–Crippen MR) is 87.5 cm³/mol. The highest BCUT2D eigenvalue weighted by Crippen LogP contribution is 2.65. The SMILES string of the molecule is CC1(C)C2CCC1(C)C(NS(=O)(=O)c1cccc(Br)c1)C2. The van der Waals surface area contributed by atoms with Gasteiger partial charge in [0.25, 0.3) is 0 Å². The summed E-state index contributed by atoms with van der Waals surface area (Å²) < 4.78 is 29.0. The van der Waals surface area contributed by atoms with Gasteiger partial charge in [-0.2, -0.15) is 0 Å². The fourth-order valence-corrected chi connectivity index (χ4v) is 6.23. The van der Waals surface area contributed by atoms with Gasteiger partial charge in [-0.1, -0.05) is 42.8 Å². The van der Waals surface area contributed by atoms with Gasteiger partial charge in [-0.15, -0.1) is 0 Å². The van der Waals surface area contributed by atoms with Gasteiger partial charge in [0.2, 0.25) is 10.0 Å². The minimum absolute atomic E-state index is 0.0373. The third kappa shape index (κ3) is 2.28. The van der Waals surface area contributed by atoms with E-state index in [2.05, 4.69) is 41.4 Å². The number of halogens is 1. The van der Waals surface area contributed by atoms with E-state index >= 15 is 0 Å². The number of nitrogens with one attached hydrogen (secondary N) is 1. The molecule has 0 heterocycles. The average Bonchev–Trinajstić information content (AvgIpc) is 2.71. The summed E-state index contributed by atoms with van der Waals surface area (Å²) in [5.41, 5.74) is 0.258. The number of benzene rings is 1. The van der Waals surface area contributed by atoms with Crippen molar-refractivity contribution < 1.29 is 8.42 Å². The molecule has 2 aliphatic rings. The Kier molecular flexibility index (Phi) is 3.54. The van der Waals surface area contributed by atoms with Gasteiger partial charge in [-0.3, -0.25) is 0 Å². The molecule has 3 unspecified atom stereocenters. The van der Waals surface area contributed by atoms with E-state index in [0.29, 0.717) is 10.8 Å². The zero-order chi connectivity index (χ0) is 15.5. The van der Waals surface area contributed by atoms with Crippen LogP contribution in [0.5, 0.6) is 0 Å². The fraction of sp³-hybridized carbons (Fsp3) is 0.625. The van der Waals surface area contributed by atoms with E-state index in [1.54, 1.807) is 18.2 Å². The van der Waals surface area contributed by atoms with E-state index in [1.165, 1.54) is 6.42 Å². The van der Waals surface area contributed by atoms with Crippen LogP contribution in [-0.2, 0) is 10.0 Å². The number of hydrogen-bond donors (Lipinski definition) is 1. The molecule has 0 radical (unpaired) electrons. The van der Waals surface area contributed by atoms with Gasteiger partial charge in [0.05, 0.1) is 4.90 Å². The van der Waals surface area contributed by atoms with Crippen LogP contribution < -0.4 is 4.72 Å². The van der Waals surface area contributed by atoms with Crippen LogP contribution in [0.2, 0.25) is 0 Å². The molecule has 3 atom stereocenters. The summed E-state index contributed by atoms with van der Waals surface area (Å²) in [6.45, 7) is 6.82. The molecule has 1 N–H and O–H groups in total. The van der Waals surface area contributed by atoms with Crippen LogP contribution in [0.4, 0.5) is 0 Å². The van der Waals surface area contributed by atoms with E-state index < -0.39 is 10.0 Å². The molecule has 3 nitrogen and oxygen atoms in total. The highest BCUT2D eigenvalue weighted by Gasteiger charge is 2.61. The molecule has 0 spiro atoms. The molecule has 0 amide bonds. The summed E-state index contributed by atoms with van der Waals surface area (Å²) in [4.78, 5) is 0.334. The Morgan fingerprint density at radius 1 is 1.29 bits per heavy atom. The first kappa shape index (κ1) is 15.5. The Morgan fingerprint density at radius 3 is 2.52 bits per heavy atom. The zero-order valence-corrected chi connectivity index (χ0v) is 15.1. The van der Waals surface area contributed by atoms with Crippen molar-refractivity contribution in [2.24, 2.45) is 16.7 Å². The van der Waals surface area contributed by atoms with Crippen LogP contribution in [0.25, 0.3) is 0 Å². The Hall–Kier alpha value is -0.390. The molecule has 1 aromatic carbocycles. The number of hydrogen-bond acceptors (Lipinski definition) is 2. The van der Waals surface area contributed by atoms with Crippen molar-refractivity contribution >= 4 is 26.0 Å². The van der Waals surface area contributed by atoms with Crippen LogP contribution in [0.3, 0.4) is 0 Å². The molecular formula is C16H22BrNO2S. The molecule has 5 heteroatoms. The maximum atomic E-state index is 12.6. The monoisotopic (exact) mass is 371 g/mol. The first-order valence-corrected chi connectivity index (χ1v) is 9.72. The van der Waals surface area contributed by atoms with Gasteiger partial charge in [0.15, 0.2) is 0 Å². The standard InChI is InChI=1S/C16H22BrNO2S/c1-15(2)11-7-8-16(15,3)14(9-11)18-21(19,20)13-6-4-5-12(17)10-13/h4-6,10-11,14,18H,7-9H2,1-3H3. The molecule has 2 fully saturated rings. The Morgan fingerprint density at radius 2 is 2.00 bits per heavy atom. The van der Waals surface area contributed by atoms with Gasteiger partial charge < -0.3 is 0 Å².